The molecule has 0 radical (unpaired) electrons. The van der Waals surface area contributed by atoms with Crippen molar-refractivity contribution in [3.05, 3.63) is 53.3 Å². The van der Waals surface area contributed by atoms with E-state index in [1.807, 2.05) is 13.8 Å². The molecule has 3 N–H and O–H groups in total. The smallest absolute Gasteiger partial charge is 0.418 e. The fraction of sp³-hybridized carbons (Fsp3) is 0.348. The zero-order valence-corrected chi connectivity index (χ0v) is 17.9. The molecule has 32 heavy (non-hydrogen) atoms. The third-order valence-electron chi connectivity index (χ3n) is 5.29. The van der Waals surface area contributed by atoms with Crippen LogP contribution in [0.3, 0.4) is 0 Å². The summed E-state index contributed by atoms with van der Waals surface area (Å²) >= 11 is 0. The number of aliphatic imine (C=N–C) groups is 1. The third-order valence-corrected chi connectivity index (χ3v) is 5.29. The van der Waals surface area contributed by atoms with Crippen molar-refractivity contribution in [2.75, 3.05) is 31.5 Å². The van der Waals surface area contributed by atoms with Gasteiger partial charge in [0.2, 0.25) is 0 Å². The molecule has 1 aromatic heterocycles. The number of halogens is 4. The number of hydrogen-bond donors (Lipinski definition) is 3. The lowest BCUT2D eigenvalue weighted by atomic mass is 10.1. The number of benzene rings is 2. The monoisotopic (exact) mass is 450 g/mol. The summed E-state index contributed by atoms with van der Waals surface area (Å²) in [6.07, 6.45) is -2.62. The molecule has 2 aromatic carbocycles. The summed E-state index contributed by atoms with van der Waals surface area (Å²) in [4.78, 5) is 8.97. The predicted molar refractivity (Wildman–Crippen MR) is 120 cm³/mol. The minimum absolute atomic E-state index is 0.00647. The largest absolute Gasteiger partial charge is 0.494 e. The first-order valence-corrected chi connectivity index (χ1v) is 10.4. The number of aromatic amines is 1. The highest BCUT2D eigenvalue weighted by Gasteiger charge is 2.33. The second-order valence-corrected chi connectivity index (χ2v) is 7.37. The van der Waals surface area contributed by atoms with E-state index in [0.29, 0.717) is 17.4 Å². The standard InChI is InChI=1S/C23H26F4N4O/c1-3-31(4-2)11-5-10-28-21-9-7-16(13-19(21)23(25,26)27)29-14-18-17-12-15(24)6-8-20(17)30-22(18)32/h6-9,12-14,28,30,32H,3-5,10-11H2,1-2H3. The second-order valence-electron chi connectivity index (χ2n) is 7.37. The van der Waals surface area contributed by atoms with Gasteiger partial charge in [-0.2, -0.15) is 13.2 Å². The van der Waals surface area contributed by atoms with Crippen LogP contribution in [0.25, 0.3) is 10.9 Å². The van der Waals surface area contributed by atoms with Crippen LogP contribution >= 0.6 is 0 Å². The molecule has 0 aliphatic carbocycles. The van der Waals surface area contributed by atoms with E-state index in [9.17, 15) is 22.7 Å². The minimum atomic E-state index is -4.56. The molecule has 5 nitrogen and oxygen atoms in total. The van der Waals surface area contributed by atoms with Crippen molar-refractivity contribution in [1.82, 2.24) is 9.88 Å². The number of aromatic hydroxyl groups is 1. The molecule has 3 aromatic rings. The highest BCUT2D eigenvalue weighted by Crippen LogP contribution is 2.37. The third kappa shape index (κ3) is 5.59. The van der Waals surface area contributed by atoms with Gasteiger partial charge in [-0.05, 0) is 62.5 Å². The molecule has 172 valence electrons. The van der Waals surface area contributed by atoms with E-state index in [-0.39, 0.29) is 22.8 Å². The molecule has 0 atom stereocenters. The first-order valence-electron chi connectivity index (χ1n) is 10.4. The van der Waals surface area contributed by atoms with E-state index >= 15 is 0 Å². The SMILES string of the molecule is CCN(CC)CCCNc1ccc(N=Cc2c(O)[nH]c3ccc(F)cc23)cc1C(F)(F)F. The summed E-state index contributed by atoms with van der Waals surface area (Å²) in [5.74, 6) is -0.737. The van der Waals surface area contributed by atoms with Gasteiger partial charge in [0.05, 0.1) is 16.8 Å². The number of alkyl halides is 3. The van der Waals surface area contributed by atoms with E-state index in [1.165, 1.54) is 36.5 Å². The molecule has 1 heterocycles. The summed E-state index contributed by atoms with van der Waals surface area (Å²) in [6.45, 7) is 7.11. The number of fused-ring (bicyclic) bond motifs is 1. The zero-order valence-electron chi connectivity index (χ0n) is 17.9. The van der Waals surface area contributed by atoms with Crippen LogP contribution in [0.4, 0.5) is 28.9 Å². The second kappa shape index (κ2) is 10.0. The number of nitrogens with zero attached hydrogens (tertiary/aromatic N) is 2. The van der Waals surface area contributed by atoms with Gasteiger partial charge in [0.15, 0.2) is 5.88 Å². The average Bonchev–Trinajstić information content (AvgIpc) is 3.06. The minimum Gasteiger partial charge on any atom is -0.494 e. The van der Waals surface area contributed by atoms with Crippen molar-refractivity contribution in [1.29, 1.82) is 0 Å². The van der Waals surface area contributed by atoms with E-state index in [1.54, 1.807) is 0 Å². The Balaban J connectivity index is 1.80. The molecule has 0 amide bonds. The van der Waals surface area contributed by atoms with Crippen LogP contribution in [0.5, 0.6) is 5.88 Å². The van der Waals surface area contributed by atoms with Gasteiger partial charge < -0.3 is 20.3 Å². The lowest BCUT2D eigenvalue weighted by Crippen LogP contribution is -2.25. The summed E-state index contributed by atoms with van der Waals surface area (Å²) in [5.41, 5.74) is -0.0642. The Morgan fingerprint density at radius 2 is 1.88 bits per heavy atom. The molecule has 0 saturated heterocycles. The summed E-state index contributed by atoms with van der Waals surface area (Å²) in [7, 11) is 0. The van der Waals surface area contributed by atoms with Crippen molar-refractivity contribution in [3.63, 3.8) is 0 Å². The molecule has 3 rings (SSSR count). The number of hydrogen-bond acceptors (Lipinski definition) is 4. The van der Waals surface area contributed by atoms with Crippen LogP contribution in [-0.2, 0) is 6.18 Å². The molecule has 0 aliphatic rings. The molecule has 0 unspecified atom stereocenters. The number of anilines is 1. The van der Waals surface area contributed by atoms with Gasteiger partial charge >= 0.3 is 6.18 Å². The van der Waals surface area contributed by atoms with E-state index in [4.69, 9.17) is 0 Å². The molecular weight excluding hydrogens is 424 g/mol. The van der Waals surface area contributed by atoms with Crippen molar-refractivity contribution in [2.24, 2.45) is 4.99 Å². The molecular formula is C23H26F4N4O. The maximum absolute atomic E-state index is 13.6. The Hall–Kier alpha value is -3.07. The van der Waals surface area contributed by atoms with Gasteiger partial charge in [-0.15, -0.1) is 0 Å². The maximum atomic E-state index is 13.6. The normalized spacial score (nSPS) is 12.3. The number of aromatic nitrogens is 1. The number of H-pyrrole nitrogens is 1. The predicted octanol–water partition coefficient (Wildman–Crippen LogP) is 5.93. The Bertz CT molecular complexity index is 1090. The van der Waals surface area contributed by atoms with Crippen molar-refractivity contribution in [2.45, 2.75) is 26.4 Å². The van der Waals surface area contributed by atoms with Gasteiger partial charge in [0.1, 0.15) is 5.82 Å². The summed E-state index contributed by atoms with van der Waals surface area (Å²) in [5, 5.41) is 13.3. The van der Waals surface area contributed by atoms with Crippen LogP contribution in [0, 0.1) is 5.82 Å². The molecule has 0 bridgehead atoms. The lowest BCUT2D eigenvalue weighted by molar-refractivity contribution is -0.136. The van der Waals surface area contributed by atoms with E-state index in [2.05, 4.69) is 20.2 Å². The first kappa shape index (κ1) is 23.6. The van der Waals surface area contributed by atoms with E-state index in [0.717, 1.165) is 32.1 Å². The Labute approximate surface area is 183 Å². The first-order chi connectivity index (χ1) is 15.2. The maximum Gasteiger partial charge on any atom is 0.418 e. The van der Waals surface area contributed by atoms with Gasteiger partial charge in [-0.3, -0.25) is 4.99 Å². The van der Waals surface area contributed by atoms with Gasteiger partial charge in [0.25, 0.3) is 0 Å². The van der Waals surface area contributed by atoms with Gasteiger partial charge in [-0.1, -0.05) is 13.8 Å². The summed E-state index contributed by atoms with van der Waals surface area (Å²) < 4.78 is 54.4. The highest BCUT2D eigenvalue weighted by molar-refractivity contribution is 6.02. The molecule has 0 aliphatic heterocycles. The zero-order chi connectivity index (χ0) is 23.3. The lowest BCUT2D eigenvalue weighted by Gasteiger charge is -2.19. The quantitative estimate of drug-likeness (QED) is 0.215. The highest BCUT2D eigenvalue weighted by atomic mass is 19.4. The van der Waals surface area contributed by atoms with Crippen LogP contribution in [0.15, 0.2) is 41.4 Å². The molecule has 0 saturated carbocycles. The van der Waals surface area contributed by atoms with Crippen molar-refractivity contribution < 1.29 is 22.7 Å². The average molecular weight is 450 g/mol. The number of rotatable bonds is 9. The Morgan fingerprint density at radius 3 is 2.56 bits per heavy atom. The van der Waals surface area contributed by atoms with Gasteiger partial charge in [0, 0.05) is 29.3 Å². The fourth-order valence-corrected chi connectivity index (χ4v) is 3.51. The topological polar surface area (TPSA) is 63.6 Å². The molecule has 0 spiro atoms. The van der Waals surface area contributed by atoms with Crippen molar-refractivity contribution >= 4 is 28.5 Å². The van der Waals surface area contributed by atoms with Crippen LogP contribution in [0.2, 0.25) is 0 Å². The Kier molecular flexibility index (Phi) is 7.40. The van der Waals surface area contributed by atoms with Gasteiger partial charge in [-0.25, -0.2) is 4.39 Å². The van der Waals surface area contributed by atoms with Crippen LogP contribution < -0.4 is 5.32 Å². The molecule has 9 heteroatoms. The molecule has 0 fully saturated rings. The van der Waals surface area contributed by atoms with Crippen LogP contribution in [-0.4, -0.2) is 47.4 Å². The number of nitrogens with one attached hydrogen (secondary N) is 2. The fourth-order valence-electron chi connectivity index (χ4n) is 3.51. The Morgan fingerprint density at radius 1 is 1.12 bits per heavy atom. The van der Waals surface area contributed by atoms with E-state index < -0.39 is 17.6 Å². The van der Waals surface area contributed by atoms with Crippen molar-refractivity contribution in [3.8, 4) is 5.88 Å². The van der Waals surface area contributed by atoms with Crippen LogP contribution in [0.1, 0.15) is 31.4 Å². The summed E-state index contributed by atoms with van der Waals surface area (Å²) in [6, 6.07) is 7.69.